The lowest BCUT2D eigenvalue weighted by Gasteiger charge is -2.42. The normalized spacial score (nSPS) is 31.0. The van der Waals surface area contributed by atoms with Crippen LogP contribution in [0.3, 0.4) is 0 Å². The molecule has 2 unspecified atom stereocenters. The van der Waals surface area contributed by atoms with Crippen LogP contribution in [-0.4, -0.2) is 51.9 Å². The fraction of sp³-hybridized carbons (Fsp3) is 0.783. The van der Waals surface area contributed by atoms with Gasteiger partial charge in [-0.3, -0.25) is 9.69 Å². The summed E-state index contributed by atoms with van der Waals surface area (Å²) < 4.78 is 0. The minimum Gasteiger partial charge on any atom is -0.332 e. The number of likely N-dealkylation sites (tertiary alicyclic amines) is 1. The van der Waals surface area contributed by atoms with Crippen molar-refractivity contribution in [2.75, 3.05) is 18.0 Å². The predicted molar refractivity (Wildman–Crippen MR) is 113 cm³/mol. The number of fused-ring (bicyclic) bond motifs is 2. The van der Waals surface area contributed by atoms with Crippen molar-refractivity contribution in [1.82, 2.24) is 14.9 Å². The zero-order valence-corrected chi connectivity index (χ0v) is 18.0. The highest BCUT2D eigenvalue weighted by atomic mass is 16.1. The summed E-state index contributed by atoms with van der Waals surface area (Å²) >= 11 is 0. The fourth-order valence-corrected chi connectivity index (χ4v) is 5.54. The van der Waals surface area contributed by atoms with Crippen molar-refractivity contribution in [3.05, 3.63) is 18.0 Å². The van der Waals surface area contributed by atoms with Crippen LogP contribution in [0.5, 0.6) is 0 Å². The Bertz CT molecular complexity index is 664. The highest BCUT2D eigenvalue weighted by molar-refractivity contribution is 5.82. The smallest absolute Gasteiger partial charge is 0.225 e. The summed E-state index contributed by atoms with van der Waals surface area (Å²) in [4.78, 5) is 26.9. The molecule has 1 aromatic rings. The first-order valence-corrected chi connectivity index (χ1v) is 11.3. The van der Waals surface area contributed by atoms with E-state index in [-0.39, 0.29) is 11.8 Å². The van der Waals surface area contributed by atoms with Crippen molar-refractivity contribution in [2.24, 2.45) is 11.8 Å². The third-order valence-corrected chi connectivity index (χ3v) is 7.30. The molecule has 0 amide bonds. The molecule has 4 rings (SSSR count). The van der Waals surface area contributed by atoms with Crippen molar-refractivity contribution < 1.29 is 4.79 Å². The van der Waals surface area contributed by atoms with E-state index in [1.807, 2.05) is 13.8 Å². The van der Waals surface area contributed by atoms with Crippen LogP contribution >= 0.6 is 0 Å². The molecule has 28 heavy (non-hydrogen) atoms. The Kier molecular flexibility index (Phi) is 5.73. The van der Waals surface area contributed by atoms with Crippen molar-refractivity contribution in [1.29, 1.82) is 0 Å². The lowest BCUT2D eigenvalue weighted by molar-refractivity contribution is -0.126. The Balaban J connectivity index is 1.38. The van der Waals surface area contributed by atoms with Crippen molar-refractivity contribution in [3.8, 4) is 0 Å². The number of carbonyl (C=O) groups excluding carboxylic acids is 1. The maximum atomic E-state index is 12.3. The number of Topliss-reactive ketones (excluding diaryl/α,β-unsaturated/α-hetero) is 1. The number of hydrogen-bond acceptors (Lipinski definition) is 5. The quantitative estimate of drug-likeness (QED) is 0.767. The van der Waals surface area contributed by atoms with Crippen LogP contribution in [0, 0.1) is 11.8 Å². The first kappa shape index (κ1) is 19.8. The highest BCUT2D eigenvalue weighted by Gasteiger charge is 2.41. The Morgan fingerprint density at radius 1 is 0.929 bits per heavy atom. The standard InChI is InChI=1S/C23H36N4O/c1-15(2)22(28)18-7-5-17(6-8-18)19-11-24-23(25-12-19)27-20-9-10-21(27)14-26(13-20)16(3)4/h11-12,15-18,20-21H,5-10,13-14H2,1-4H3/t17-,18-,20?,21?. The average Bonchev–Trinajstić information content (AvgIpc) is 2.96. The van der Waals surface area contributed by atoms with E-state index in [2.05, 4.69) is 36.0 Å². The van der Waals surface area contributed by atoms with Gasteiger partial charge in [-0.05, 0) is 63.9 Å². The Hall–Kier alpha value is -1.49. The second-order valence-corrected chi connectivity index (χ2v) is 9.76. The predicted octanol–water partition coefficient (Wildman–Crippen LogP) is 4.04. The largest absolute Gasteiger partial charge is 0.332 e. The van der Waals surface area contributed by atoms with E-state index in [4.69, 9.17) is 9.97 Å². The molecule has 3 fully saturated rings. The maximum Gasteiger partial charge on any atom is 0.225 e. The molecule has 0 radical (unpaired) electrons. The number of piperazine rings is 1. The van der Waals surface area contributed by atoms with Crippen LogP contribution in [0.4, 0.5) is 5.95 Å². The van der Waals surface area contributed by atoms with E-state index >= 15 is 0 Å². The molecule has 1 aliphatic carbocycles. The summed E-state index contributed by atoms with van der Waals surface area (Å²) in [5.41, 5.74) is 1.26. The van der Waals surface area contributed by atoms with Crippen LogP contribution in [0.15, 0.2) is 12.4 Å². The molecule has 0 aromatic carbocycles. The molecular weight excluding hydrogens is 348 g/mol. The SMILES string of the molecule is CC(C)C(=O)[C@H]1CC[C@H](c2cnc(N3C4CCC3CN(C(C)C)C4)nc2)CC1. The van der Waals surface area contributed by atoms with Crippen molar-refractivity contribution >= 4 is 11.7 Å². The van der Waals surface area contributed by atoms with E-state index in [0.717, 1.165) is 44.7 Å². The van der Waals surface area contributed by atoms with Crippen LogP contribution in [0.1, 0.15) is 77.7 Å². The zero-order valence-electron chi connectivity index (χ0n) is 18.0. The molecule has 5 nitrogen and oxygen atoms in total. The molecule has 3 aliphatic rings. The van der Waals surface area contributed by atoms with Gasteiger partial charge in [0.15, 0.2) is 0 Å². The van der Waals surface area contributed by atoms with Crippen molar-refractivity contribution in [2.45, 2.75) is 90.3 Å². The number of carbonyl (C=O) groups is 1. The van der Waals surface area contributed by atoms with Gasteiger partial charge in [0.25, 0.3) is 0 Å². The summed E-state index contributed by atoms with van der Waals surface area (Å²) in [6, 6.07) is 1.74. The van der Waals surface area contributed by atoms with E-state index < -0.39 is 0 Å². The van der Waals surface area contributed by atoms with Crippen molar-refractivity contribution in [3.63, 3.8) is 0 Å². The molecule has 2 aliphatic heterocycles. The van der Waals surface area contributed by atoms with Crippen LogP contribution < -0.4 is 4.90 Å². The summed E-state index contributed by atoms with van der Waals surface area (Å²) in [5.74, 6) is 2.31. The average molecular weight is 385 g/mol. The molecule has 2 saturated heterocycles. The number of anilines is 1. The molecule has 0 spiro atoms. The van der Waals surface area contributed by atoms with Gasteiger partial charge in [0.05, 0.1) is 0 Å². The monoisotopic (exact) mass is 384 g/mol. The summed E-state index contributed by atoms with van der Waals surface area (Å²) in [6.07, 6.45) is 10.8. The Morgan fingerprint density at radius 3 is 2.00 bits per heavy atom. The van der Waals surface area contributed by atoms with Gasteiger partial charge in [0.2, 0.25) is 5.95 Å². The first-order valence-electron chi connectivity index (χ1n) is 11.3. The summed E-state index contributed by atoms with van der Waals surface area (Å²) in [7, 11) is 0. The number of ketones is 1. The minimum absolute atomic E-state index is 0.163. The van der Waals surface area contributed by atoms with Crippen LogP contribution in [-0.2, 0) is 4.79 Å². The highest BCUT2D eigenvalue weighted by Crippen LogP contribution is 2.38. The Morgan fingerprint density at radius 2 is 1.50 bits per heavy atom. The van der Waals surface area contributed by atoms with E-state index in [9.17, 15) is 4.79 Å². The number of nitrogens with zero attached hydrogens (tertiary/aromatic N) is 4. The Labute approximate surface area is 169 Å². The first-order chi connectivity index (χ1) is 13.4. The van der Waals surface area contributed by atoms with Gasteiger partial charge in [-0.15, -0.1) is 0 Å². The lowest BCUT2D eigenvalue weighted by atomic mass is 9.76. The molecular formula is C23H36N4O. The third-order valence-electron chi connectivity index (χ3n) is 7.30. The van der Waals surface area contributed by atoms with E-state index in [1.165, 1.54) is 18.4 Å². The molecule has 1 aromatic heterocycles. The topological polar surface area (TPSA) is 49.3 Å². The summed E-state index contributed by atoms with van der Waals surface area (Å²) in [6.45, 7) is 10.9. The molecule has 2 atom stereocenters. The van der Waals surface area contributed by atoms with Crippen LogP contribution in [0.25, 0.3) is 0 Å². The number of hydrogen-bond donors (Lipinski definition) is 0. The third kappa shape index (κ3) is 3.83. The fourth-order valence-electron chi connectivity index (χ4n) is 5.54. The number of rotatable bonds is 5. The minimum atomic E-state index is 0.163. The summed E-state index contributed by atoms with van der Waals surface area (Å²) in [5, 5.41) is 0. The molecule has 5 heteroatoms. The van der Waals surface area contributed by atoms with Gasteiger partial charge in [-0.2, -0.15) is 0 Å². The maximum absolute atomic E-state index is 12.3. The molecule has 3 heterocycles. The van der Waals surface area contributed by atoms with Gasteiger partial charge in [-0.25, -0.2) is 9.97 Å². The molecule has 2 bridgehead atoms. The van der Waals surface area contributed by atoms with Gasteiger partial charge in [0, 0.05) is 55.4 Å². The zero-order chi connectivity index (χ0) is 19.8. The molecule has 0 N–H and O–H groups in total. The van der Waals surface area contributed by atoms with Gasteiger partial charge in [0.1, 0.15) is 5.78 Å². The van der Waals surface area contributed by atoms with Crippen LogP contribution in [0.2, 0.25) is 0 Å². The number of aromatic nitrogens is 2. The molecule has 1 saturated carbocycles. The second-order valence-electron chi connectivity index (χ2n) is 9.76. The van der Waals surface area contributed by atoms with Gasteiger partial charge in [-0.1, -0.05) is 13.8 Å². The molecule has 154 valence electrons. The lowest BCUT2D eigenvalue weighted by Crippen LogP contribution is -2.56. The van der Waals surface area contributed by atoms with Gasteiger partial charge < -0.3 is 4.90 Å². The van der Waals surface area contributed by atoms with Gasteiger partial charge >= 0.3 is 0 Å². The van der Waals surface area contributed by atoms with E-state index in [0.29, 0.717) is 29.8 Å². The second kappa shape index (κ2) is 8.10. The van der Waals surface area contributed by atoms with E-state index in [1.54, 1.807) is 0 Å².